The number of aryl methyl sites for hydroxylation is 2. The molecule has 4 rings (SSSR count). The van der Waals surface area contributed by atoms with Crippen LogP contribution in [0.2, 0.25) is 0 Å². The van der Waals surface area contributed by atoms with Crippen molar-refractivity contribution in [2.45, 2.75) is 45.6 Å². The van der Waals surface area contributed by atoms with E-state index in [1.807, 2.05) is 26.0 Å². The topological polar surface area (TPSA) is 88.6 Å². The molecule has 1 fully saturated rings. The van der Waals surface area contributed by atoms with E-state index in [4.69, 9.17) is 4.74 Å². The van der Waals surface area contributed by atoms with Gasteiger partial charge in [-0.1, -0.05) is 6.07 Å². The Hall–Kier alpha value is -3.22. The zero-order valence-corrected chi connectivity index (χ0v) is 17.4. The highest BCUT2D eigenvalue weighted by Gasteiger charge is 2.44. The van der Waals surface area contributed by atoms with Gasteiger partial charge >= 0.3 is 0 Å². The van der Waals surface area contributed by atoms with Crippen LogP contribution in [0.5, 0.6) is 5.75 Å². The van der Waals surface area contributed by atoms with Crippen molar-refractivity contribution in [2.75, 3.05) is 18.4 Å². The largest absolute Gasteiger partial charge is 0.486 e. The van der Waals surface area contributed by atoms with E-state index < -0.39 is 5.60 Å². The highest BCUT2D eigenvalue weighted by molar-refractivity contribution is 6.01. The molecule has 0 unspecified atom stereocenters. The second-order valence-electron chi connectivity index (χ2n) is 8.25. The third-order valence-corrected chi connectivity index (χ3v) is 5.79. The number of anilines is 1. The number of amides is 2. The number of piperidine rings is 1. The summed E-state index contributed by atoms with van der Waals surface area (Å²) in [6.07, 6.45) is 3.04. The molecule has 1 aromatic heterocycles. The molecular formula is C23H25N3O4. The Morgan fingerprint density at radius 2 is 1.90 bits per heavy atom. The quantitative estimate of drug-likeness (QED) is 0.825. The predicted octanol–water partition coefficient (Wildman–Crippen LogP) is 3.30. The van der Waals surface area contributed by atoms with Crippen LogP contribution in [0, 0.1) is 13.8 Å². The molecule has 30 heavy (non-hydrogen) atoms. The number of ketones is 1. The first-order valence-corrected chi connectivity index (χ1v) is 10.1. The third kappa shape index (κ3) is 3.79. The molecule has 2 aliphatic rings. The van der Waals surface area contributed by atoms with Crippen LogP contribution in [0.25, 0.3) is 0 Å². The second-order valence-corrected chi connectivity index (χ2v) is 8.25. The summed E-state index contributed by atoms with van der Waals surface area (Å²) in [6.45, 7) is 6.35. The number of nitrogens with one attached hydrogen (secondary N) is 1. The number of rotatable bonds is 2. The van der Waals surface area contributed by atoms with Crippen molar-refractivity contribution in [1.82, 2.24) is 9.88 Å². The normalized spacial score (nSPS) is 17.3. The molecule has 1 spiro atoms. The number of ether oxygens (including phenoxy) is 1. The minimum absolute atomic E-state index is 0.108. The molecule has 2 aliphatic heterocycles. The minimum atomic E-state index is -0.555. The maximum absolute atomic E-state index is 12.9. The lowest BCUT2D eigenvalue weighted by Gasteiger charge is -2.44. The van der Waals surface area contributed by atoms with Gasteiger partial charge in [0, 0.05) is 44.6 Å². The van der Waals surface area contributed by atoms with Crippen LogP contribution in [0.15, 0.2) is 30.5 Å². The number of pyridine rings is 1. The number of carbonyl (C=O) groups excluding carboxylic acids is 3. The summed E-state index contributed by atoms with van der Waals surface area (Å²) >= 11 is 0. The number of Topliss-reactive ketones (excluding diaryl/α,β-unsaturated/α-hetero) is 1. The molecule has 7 nitrogen and oxygen atoms in total. The van der Waals surface area contributed by atoms with E-state index in [-0.39, 0.29) is 17.6 Å². The molecule has 0 radical (unpaired) electrons. The van der Waals surface area contributed by atoms with Gasteiger partial charge in [-0.3, -0.25) is 14.4 Å². The van der Waals surface area contributed by atoms with Crippen LogP contribution in [-0.4, -0.2) is 46.2 Å². The first kappa shape index (κ1) is 20.1. The zero-order chi connectivity index (χ0) is 21.5. The van der Waals surface area contributed by atoms with Crippen LogP contribution in [0.1, 0.15) is 58.0 Å². The van der Waals surface area contributed by atoms with Crippen molar-refractivity contribution in [3.05, 3.63) is 52.7 Å². The van der Waals surface area contributed by atoms with Crippen molar-refractivity contribution in [3.8, 4) is 5.75 Å². The summed E-state index contributed by atoms with van der Waals surface area (Å²) in [7, 11) is 0. The number of likely N-dealkylation sites (tertiary alicyclic amines) is 1. The van der Waals surface area contributed by atoms with Gasteiger partial charge in [0.25, 0.3) is 5.91 Å². The van der Waals surface area contributed by atoms with Crippen molar-refractivity contribution in [3.63, 3.8) is 0 Å². The lowest BCUT2D eigenvalue weighted by atomic mass is 9.81. The SMILES string of the molecule is CC(=O)Nc1cc(C(=O)N2CCC3(CC2)CC(=O)c2cc(C)cc(C)c2O3)ccn1. The highest BCUT2D eigenvalue weighted by Crippen LogP contribution is 2.41. The number of hydrogen-bond donors (Lipinski definition) is 1. The van der Waals surface area contributed by atoms with Gasteiger partial charge in [-0.15, -0.1) is 0 Å². The number of carbonyl (C=O) groups is 3. The van der Waals surface area contributed by atoms with Gasteiger partial charge in [-0.25, -0.2) is 4.98 Å². The maximum atomic E-state index is 12.9. The molecule has 0 atom stereocenters. The Balaban J connectivity index is 1.48. The van der Waals surface area contributed by atoms with Crippen molar-refractivity contribution in [2.24, 2.45) is 0 Å². The van der Waals surface area contributed by atoms with Gasteiger partial charge in [0.2, 0.25) is 5.91 Å². The predicted molar refractivity (Wildman–Crippen MR) is 112 cm³/mol. The first-order valence-electron chi connectivity index (χ1n) is 10.1. The van der Waals surface area contributed by atoms with E-state index >= 15 is 0 Å². The molecular weight excluding hydrogens is 382 g/mol. The average molecular weight is 407 g/mol. The van der Waals surface area contributed by atoms with Crippen molar-refractivity contribution >= 4 is 23.4 Å². The van der Waals surface area contributed by atoms with Gasteiger partial charge in [0.15, 0.2) is 5.78 Å². The molecule has 1 aromatic carbocycles. The number of nitrogens with zero attached hydrogens (tertiary/aromatic N) is 2. The Bertz CT molecular complexity index is 1040. The number of aromatic nitrogens is 1. The molecule has 0 aliphatic carbocycles. The van der Waals surface area contributed by atoms with Crippen molar-refractivity contribution in [1.29, 1.82) is 0 Å². The van der Waals surface area contributed by atoms with Gasteiger partial charge in [0.1, 0.15) is 17.2 Å². The molecule has 2 aromatic rings. The van der Waals surface area contributed by atoms with E-state index in [1.165, 1.54) is 13.1 Å². The van der Waals surface area contributed by atoms with Crippen LogP contribution in [0.4, 0.5) is 5.82 Å². The highest BCUT2D eigenvalue weighted by atomic mass is 16.5. The zero-order valence-electron chi connectivity index (χ0n) is 17.4. The fourth-order valence-corrected chi connectivity index (χ4v) is 4.33. The Kier molecular flexibility index (Phi) is 5.05. The number of fused-ring (bicyclic) bond motifs is 1. The van der Waals surface area contributed by atoms with E-state index in [1.54, 1.807) is 17.0 Å². The monoisotopic (exact) mass is 407 g/mol. The van der Waals surface area contributed by atoms with Gasteiger partial charge in [-0.05, 0) is 43.2 Å². The summed E-state index contributed by atoms with van der Waals surface area (Å²) in [5.41, 5.74) is 2.61. The molecule has 0 bridgehead atoms. The van der Waals surface area contributed by atoms with Gasteiger partial charge in [0.05, 0.1) is 12.0 Å². The van der Waals surface area contributed by atoms with E-state index in [2.05, 4.69) is 10.3 Å². The number of hydrogen-bond acceptors (Lipinski definition) is 5. The van der Waals surface area contributed by atoms with Crippen LogP contribution < -0.4 is 10.1 Å². The Morgan fingerprint density at radius 3 is 2.60 bits per heavy atom. The van der Waals surface area contributed by atoms with Crippen molar-refractivity contribution < 1.29 is 19.1 Å². The molecule has 1 N–H and O–H groups in total. The number of benzene rings is 1. The standard InChI is InChI=1S/C23H25N3O4/c1-14-10-15(2)21-18(11-14)19(28)13-23(30-21)5-8-26(9-6-23)22(29)17-4-7-24-20(12-17)25-16(3)27/h4,7,10-12H,5-6,8-9,13H2,1-3H3,(H,24,25,27). The lowest BCUT2D eigenvalue weighted by molar-refractivity contribution is -0.114. The van der Waals surface area contributed by atoms with Crippen LogP contribution in [0.3, 0.4) is 0 Å². The van der Waals surface area contributed by atoms with Gasteiger partial charge < -0.3 is 15.0 Å². The minimum Gasteiger partial charge on any atom is -0.486 e. The second kappa shape index (κ2) is 7.55. The summed E-state index contributed by atoms with van der Waals surface area (Å²) in [5, 5.41) is 2.59. The van der Waals surface area contributed by atoms with Crippen LogP contribution in [-0.2, 0) is 4.79 Å². The molecule has 2 amide bonds. The average Bonchev–Trinajstić information content (AvgIpc) is 2.69. The Labute approximate surface area is 175 Å². The van der Waals surface area contributed by atoms with Gasteiger partial charge in [-0.2, -0.15) is 0 Å². The molecule has 3 heterocycles. The lowest BCUT2D eigenvalue weighted by Crippen LogP contribution is -2.52. The maximum Gasteiger partial charge on any atom is 0.254 e. The summed E-state index contributed by atoms with van der Waals surface area (Å²) in [6, 6.07) is 7.14. The molecule has 1 saturated heterocycles. The Morgan fingerprint density at radius 1 is 1.17 bits per heavy atom. The first-order chi connectivity index (χ1) is 14.3. The van der Waals surface area contributed by atoms with E-state index in [0.29, 0.717) is 55.0 Å². The fraction of sp³-hybridized carbons (Fsp3) is 0.391. The van der Waals surface area contributed by atoms with E-state index in [9.17, 15) is 14.4 Å². The molecule has 0 saturated carbocycles. The smallest absolute Gasteiger partial charge is 0.254 e. The summed E-state index contributed by atoms with van der Waals surface area (Å²) in [4.78, 5) is 42.8. The fourth-order valence-electron chi connectivity index (χ4n) is 4.33. The molecule has 7 heteroatoms. The van der Waals surface area contributed by atoms with E-state index in [0.717, 1.165) is 11.1 Å². The summed E-state index contributed by atoms with van der Waals surface area (Å²) in [5.74, 6) is 0.790. The molecule has 156 valence electrons. The summed E-state index contributed by atoms with van der Waals surface area (Å²) < 4.78 is 6.40. The third-order valence-electron chi connectivity index (χ3n) is 5.79. The van der Waals surface area contributed by atoms with Crippen LogP contribution >= 0.6 is 0 Å².